The summed E-state index contributed by atoms with van der Waals surface area (Å²) in [5.41, 5.74) is 8.36. The number of nitrogens with two attached hydrogens (primary N) is 1. The van der Waals surface area contributed by atoms with Crippen molar-refractivity contribution in [2.45, 2.75) is 51.8 Å². The Morgan fingerprint density at radius 2 is 1.74 bits per heavy atom. The zero-order chi connectivity index (χ0) is 28.1. The largest absolute Gasteiger partial charge is 0.497 e. The molecule has 1 unspecified atom stereocenters. The zero-order valence-electron chi connectivity index (χ0n) is 22.3. The Balaban J connectivity index is 2.16. The van der Waals surface area contributed by atoms with Crippen LogP contribution >= 0.6 is 0 Å². The van der Waals surface area contributed by atoms with Gasteiger partial charge in [0.05, 0.1) is 31.0 Å². The first kappa shape index (κ1) is 31.3. The van der Waals surface area contributed by atoms with E-state index in [2.05, 4.69) is 5.32 Å². The summed E-state index contributed by atoms with van der Waals surface area (Å²) in [6.45, 7) is 4.44. The summed E-state index contributed by atoms with van der Waals surface area (Å²) in [6, 6.07) is 16.4. The van der Waals surface area contributed by atoms with Crippen molar-refractivity contribution in [2.75, 3.05) is 25.2 Å². The summed E-state index contributed by atoms with van der Waals surface area (Å²) in [5.74, 6) is -3.30. The molecule has 4 N–H and O–H groups in total. The predicted octanol–water partition coefficient (Wildman–Crippen LogP) is 2.82. The highest BCUT2D eigenvalue weighted by Gasteiger charge is 2.32. The van der Waals surface area contributed by atoms with Gasteiger partial charge in [-0.15, -0.1) is 0 Å². The fraction of sp³-hybridized carbons (Fsp3) is 0.500. The van der Waals surface area contributed by atoms with Crippen LogP contribution in [0.4, 0.5) is 0 Å². The number of esters is 1. The lowest BCUT2D eigenvalue weighted by Gasteiger charge is -2.27. The van der Waals surface area contributed by atoms with Gasteiger partial charge in [-0.05, 0) is 42.0 Å². The minimum Gasteiger partial charge on any atom is -0.497 e. The van der Waals surface area contributed by atoms with Gasteiger partial charge in [0.25, 0.3) is 0 Å². The van der Waals surface area contributed by atoms with Crippen LogP contribution in [0.5, 0.6) is 5.75 Å². The van der Waals surface area contributed by atoms with E-state index < -0.39 is 52.0 Å². The number of nitrogens with one attached hydrogen (secondary N) is 1. The molecule has 0 aliphatic carbocycles. The third-order valence-corrected chi connectivity index (χ3v) is 7.85. The van der Waals surface area contributed by atoms with Crippen molar-refractivity contribution in [3.63, 3.8) is 0 Å². The molecule has 0 saturated heterocycles. The predicted molar refractivity (Wildman–Crippen MR) is 147 cm³/mol. The maximum absolute atomic E-state index is 13.1. The highest BCUT2D eigenvalue weighted by molar-refractivity contribution is 7.91. The van der Waals surface area contributed by atoms with Gasteiger partial charge in [-0.3, -0.25) is 9.59 Å². The molecule has 9 nitrogen and oxygen atoms in total. The van der Waals surface area contributed by atoms with Gasteiger partial charge >= 0.3 is 11.9 Å². The molecule has 2 aromatic rings. The average molecular weight is 549 g/mol. The van der Waals surface area contributed by atoms with Crippen molar-refractivity contribution in [1.82, 2.24) is 5.32 Å². The van der Waals surface area contributed by atoms with Gasteiger partial charge < -0.3 is 25.6 Å². The molecule has 0 spiro atoms. The Morgan fingerprint density at radius 1 is 1.05 bits per heavy atom. The summed E-state index contributed by atoms with van der Waals surface area (Å²) in [6.07, 6.45) is -0.619. The molecule has 10 heteroatoms. The summed E-state index contributed by atoms with van der Waals surface area (Å²) in [5, 5.41) is 12.6. The molecule has 0 fully saturated rings. The van der Waals surface area contributed by atoms with Gasteiger partial charge in [0, 0.05) is 19.1 Å². The van der Waals surface area contributed by atoms with E-state index in [1.54, 1.807) is 7.11 Å². The third-order valence-electron chi connectivity index (χ3n) is 6.08. The molecule has 0 amide bonds. The van der Waals surface area contributed by atoms with Crippen molar-refractivity contribution >= 4 is 21.8 Å². The smallest absolute Gasteiger partial charge is 0.310 e. The molecule has 0 aliphatic heterocycles. The van der Waals surface area contributed by atoms with Crippen LogP contribution in [-0.2, 0) is 37.1 Å². The second kappa shape index (κ2) is 15.5. The number of hydrogen-bond donors (Lipinski definition) is 3. The van der Waals surface area contributed by atoms with Crippen LogP contribution in [0.1, 0.15) is 37.8 Å². The average Bonchev–Trinajstić information content (AvgIpc) is 2.86. The number of sulfone groups is 1. The Hall–Kier alpha value is -2.95. The van der Waals surface area contributed by atoms with Crippen molar-refractivity contribution in [3.8, 4) is 5.75 Å². The van der Waals surface area contributed by atoms with Crippen molar-refractivity contribution in [1.29, 1.82) is 0 Å². The summed E-state index contributed by atoms with van der Waals surface area (Å²) in [4.78, 5) is 24.6. The number of rotatable bonds is 17. The molecular formula is C28H40N2O7S. The molecule has 0 aliphatic rings. The van der Waals surface area contributed by atoms with E-state index in [1.165, 1.54) is 0 Å². The molecule has 0 saturated carbocycles. The monoisotopic (exact) mass is 548 g/mol. The Bertz CT molecular complexity index is 1120. The minimum absolute atomic E-state index is 0.118. The first-order chi connectivity index (χ1) is 18.0. The summed E-state index contributed by atoms with van der Waals surface area (Å²) in [7, 11) is -2.07. The number of carboxylic acids is 1. The fourth-order valence-corrected chi connectivity index (χ4v) is 5.78. The van der Waals surface area contributed by atoms with E-state index in [0.717, 1.165) is 11.1 Å². The zero-order valence-corrected chi connectivity index (χ0v) is 23.2. The molecular weight excluding hydrogens is 508 g/mol. The minimum atomic E-state index is -3.65. The molecule has 0 aromatic heterocycles. The molecule has 0 heterocycles. The molecule has 3 atom stereocenters. The Morgan fingerprint density at radius 3 is 2.37 bits per heavy atom. The van der Waals surface area contributed by atoms with Gasteiger partial charge in [-0.1, -0.05) is 56.3 Å². The van der Waals surface area contributed by atoms with Crippen LogP contribution < -0.4 is 15.8 Å². The lowest BCUT2D eigenvalue weighted by molar-refractivity contribution is -0.157. The van der Waals surface area contributed by atoms with Crippen LogP contribution in [0.2, 0.25) is 0 Å². The maximum atomic E-state index is 13.1. The molecule has 2 aromatic carbocycles. The van der Waals surface area contributed by atoms with E-state index in [-0.39, 0.29) is 18.2 Å². The topological polar surface area (TPSA) is 145 Å². The number of ether oxygens (including phenoxy) is 2. The van der Waals surface area contributed by atoms with Crippen LogP contribution in [0.3, 0.4) is 0 Å². The standard InChI is InChI=1S/C28H40N2O7S/c1-20(2)12-13-38(34,35)19-23(16-27(31)32)28(33)37-26(25(29)15-21-8-5-4-6-9-21)18-30-17-22-10-7-11-24(14-22)36-3/h4-11,14,20,23,25-26,30H,12-13,15-19,29H2,1-3H3,(H,31,32)/t23?,25-,26+/m0/s1. The number of carbonyl (C=O) groups excluding carboxylic acids is 1. The van der Waals surface area contributed by atoms with Crippen LogP contribution in [0, 0.1) is 11.8 Å². The second-order valence-corrected chi connectivity index (χ2v) is 12.1. The van der Waals surface area contributed by atoms with Crippen molar-refractivity contribution in [3.05, 3.63) is 65.7 Å². The van der Waals surface area contributed by atoms with E-state index in [9.17, 15) is 23.1 Å². The van der Waals surface area contributed by atoms with Gasteiger partial charge in [0.2, 0.25) is 0 Å². The SMILES string of the molecule is COc1cccc(CNC[C@@H](OC(=O)C(CC(=O)O)CS(=O)(=O)CCC(C)C)[C@@H](N)Cc2ccccc2)c1. The second-order valence-electron chi connectivity index (χ2n) is 9.90. The van der Waals surface area contributed by atoms with E-state index in [1.807, 2.05) is 68.4 Å². The summed E-state index contributed by atoms with van der Waals surface area (Å²) >= 11 is 0. The number of aliphatic carboxylic acids is 1. The van der Waals surface area contributed by atoms with E-state index in [0.29, 0.717) is 25.1 Å². The molecule has 0 radical (unpaired) electrons. The number of hydrogen-bond acceptors (Lipinski definition) is 8. The van der Waals surface area contributed by atoms with Crippen LogP contribution in [0.15, 0.2) is 54.6 Å². The van der Waals surface area contributed by atoms with Crippen LogP contribution in [-0.4, -0.2) is 62.8 Å². The highest BCUT2D eigenvalue weighted by Crippen LogP contribution is 2.17. The van der Waals surface area contributed by atoms with Crippen molar-refractivity contribution < 1.29 is 32.6 Å². The highest BCUT2D eigenvalue weighted by atomic mass is 32.2. The fourth-order valence-electron chi connectivity index (χ4n) is 3.91. The number of methoxy groups -OCH3 is 1. The van der Waals surface area contributed by atoms with E-state index in [4.69, 9.17) is 15.2 Å². The first-order valence-corrected chi connectivity index (χ1v) is 14.6. The van der Waals surface area contributed by atoms with Gasteiger partial charge in [0.15, 0.2) is 9.84 Å². The molecule has 0 bridgehead atoms. The van der Waals surface area contributed by atoms with Gasteiger partial charge in [-0.2, -0.15) is 0 Å². The third kappa shape index (κ3) is 11.6. The normalized spacial score (nSPS) is 14.0. The number of benzene rings is 2. The number of carboxylic acid groups (broad SMARTS) is 1. The Kier molecular flexibility index (Phi) is 12.7. The quantitative estimate of drug-likeness (QED) is 0.254. The molecule has 2 rings (SSSR count). The lowest BCUT2D eigenvalue weighted by Crippen LogP contribution is -2.47. The first-order valence-electron chi connectivity index (χ1n) is 12.7. The maximum Gasteiger partial charge on any atom is 0.310 e. The van der Waals surface area contributed by atoms with Crippen LogP contribution in [0.25, 0.3) is 0 Å². The van der Waals surface area contributed by atoms with Gasteiger partial charge in [0.1, 0.15) is 11.9 Å². The summed E-state index contributed by atoms with van der Waals surface area (Å²) < 4.78 is 36.2. The van der Waals surface area contributed by atoms with Gasteiger partial charge in [-0.25, -0.2) is 8.42 Å². The lowest BCUT2D eigenvalue weighted by atomic mass is 10.0. The molecule has 38 heavy (non-hydrogen) atoms. The Labute approximate surface area is 225 Å². The molecule has 210 valence electrons. The van der Waals surface area contributed by atoms with E-state index >= 15 is 0 Å². The van der Waals surface area contributed by atoms with Crippen molar-refractivity contribution in [2.24, 2.45) is 17.6 Å². The number of carbonyl (C=O) groups is 2.